The minimum atomic E-state index is -0.584. The van der Waals surface area contributed by atoms with Crippen LogP contribution in [0.3, 0.4) is 0 Å². The second-order valence-electron chi connectivity index (χ2n) is 8.81. The Morgan fingerprint density at radius 1 is 1.21 bits per heavy atom. The van der Waals surface area contributed by atoms with Gasteiger partial charge in [0, 0.05) is 51.0 Å². The Bertz CT molecular complexity index is 901. The first-order chi connectivity index (χ1) is 15.7. The summed E-state index contributed by atoms with van der Waals surface area (Å²) in [6.45, 7) is 10.2. The molecule has 1 aromatic carbocycles. The van der Waals surface area contributed by atoms with Gasteiger partial charge in [-0.2, -0.15) is 0 Å². The van der Waals surface area contributed by atoms with E-state index < -0.39 is 12.0 Å². The monoisotopic (exact) mass is 457 g/mol. The van der Waals surface area contributed by atoms with Crippen molar-refractivity contribution in [3.8, 4) is 0 Å². The highest BCUT2D eigenvalue weighted by atomic mass is 16.5. The fraction of sp³-hybridized carbons (Fsp3) is 0.542. The second kappa shape index (κ2) is 10.7. The molecule has 33 heavy (non-hydrogen) atoms. The van der Waals surface area contributed by atoms with E-state index in [1.54, 1.807) is 14.0 Å². The quantitative estimate of drug-likeness (QED) is 0.640. The van der Waals surface area contributed by atoms with Gasteiger partial charge < -0.3 is 20.3 Å². The molecule has 9 heteroatoms. The zero-order chi connectivity index (χ0) is 24.1. The van der Waals surface area contributed by atoms with Gasteiger partial charge in [0.15, 0.2) is 0 Å². The van der Waals surface area contributed by atoms with Crippen LogP contribution < -0.4 is 10.6 Å². The van der Waals surface area contributed by atoms with Gasteiger partial charge in [-0.3, -0.25) is 9.80 Å². The van der Waals surface area contributed by atoms with Crippen molar-refractivity contribution in [2.24, 2.45) is 0 Å². The molecule has 0 spiro atoms. The molecule has 0 bridgehead atoms. The smallest absolute Gasteiger partial charge is 0.338 e. The van der Waals surface area contributed by atoms with Crippen molar-refractivity contribution in [2.75, 3.05) is 39.8 Å². The number of carbonyl (C=O) groups is 3. The molecule has 0 radical (unpaired) electrons. The molecule has 3 rings (SSSR count). The second-order valence-corrected chi connectivity index (χ2v) is 8.81. The van der Waals surface area contributed by atoms with Crippen molar-refractivity contribution in [3.05, 3.63) is 47.2 Å². The maximum Gasteiger partial charge on any atom is 0.338 e. The topological polar surface area (TPSA) is 94.2 Å². The maximum absolute atomic E-state index is 13.1. The third kappa shape index (κ3) is 5.65. The number of amides is 4. The van der Waals surface area contributed by atoms with Gasteiger partial charge in [-0.25, -0.2) is 14.4 Å². The molecule has 180 valence electrons. The molecule has 2 aliphatic heterocycles. The average molecular weight is 458 g/mol. The Morgan fingerprint density at radius 3 is 2.52 bits per heavy atom. The van der Waals surface area contributed by atoms with E-state index in [9.17, 15) is 14.4 Å². The van der Waals surface area contributed by atoms with E-state index in [1.807, 2.05) is 56.0 Å². The SMILES string of the molecule is CCOC(=O)C1=C(CN2CCN(C(=O)NC(C)C)[C@@H](C)C2)N(C)C(=O)N[C@H]1c1ccccc1. The van der Waals surface area contributed by atoms with Crippen molar-refractivity contribution < 1.29 is 19.1 Å². The van der Waals surface area contributed by atoms with Crippen LogP contribution in [0.2, 0.25) is 0 Å². The third-order valence-electron chi connectivity index (χ3n) is 5.96. The van der Waals surface area contributed by atoms with Crippen LogP contribution in [0, 0.1) is 0 Å². The van der Waals surface area contributed by atoms with E-state index in [0.29, 0.717) is 37.4 Å². The number of ether oxygens (including phenoxy) is 1. The van der Waals surface area contributed by atoms with Crippen LogP contribution in [0.5, 0.6) is 0 Å². The Morgan fingerprint density at radius 2 is 1.91 bits per heavy atom. The fourth-order valence-corrected chi connectivity index (χ4v) is 4.31. The number of carbonyl (C=O) groups excluding carboxylic acids is 3. The first-order valence-electron chi connectivity index (χ1n) is 11.5. The van der Waals surface area contributed by atoms with Gasteiger partial charge in [0.25, 0.3) is 0 Å². The van der Waals surface area contributed by atoms with Crippen LogP contribution in [0.1, 0.15) is 39.3 Å². The average Bonchev–Trinajstić information content (AvgIpc) is 2.77. The van der Waals surface area contributed by atoms with Crippen molar-refractivity contribution in [1.82, 2.24) is 25.3 Å². The van der Waals surface area contributed by atoms with E-state index in [4.69, 9.17) is 4.74 Å². The van der Waals surface area contributed by atoms with Crippen molar-refractivity contribution in [2.45, 2.75) is 45.8 Å². The van der Waals surface area contributed by atoms with Crippen LogP contribution in [0.4, 0.5) is 9.59 Å². The van der Waals surface area contributed by atoms with Crippen molar-refractivity contribution >= 4 is 18.0 Å². The van der Waals surface area contributed by atoms with Gasteiger partial charge in [-0.05, 0) is 33.3 Å². The molecule has 4 amide bonds. The molecule has 0 aromatic heterocycles. The summed E-state index contributed by atoms with van der Waals surface area (Å²) in [5, 5.41) is 5.89. The normalized spacial score (nSPS) is 21.8. The molecular weight excluding hydrogens is 422 g/mol. The van der Waals surface area contributed by atoms with E-state index >= 15 is 0 Å². The van der Waals surface area contributed by atoms with Gasteiger partial charge >= 0.3 is 18.0 Å². The fourth-order valence-electron chi connectivity index (χ4n) is 4.31. The van der Waals surface area contributed by atoms with Crippen molar-refractivity contribution in [3.63, 3.8) is 0 Å². The zero-order valence-corrected chi connectivity index (χ0v) is 20.1. The van der Waals surface area contributed by atoms with E-state index in [2.05, 4.69) is 15.5 Å². The van der Waals surface area contributed by atoms with E-state index in [-0.39, 0.29) is 30.8 Å². The third-order valence-corrected chi connectivity index (χ3v) is 5.96. The van der Waals surface area contributed by atoms with Crippen molar-refractivity contribution in [1.29, 1.82) is 0 Å². The Labute approximate surface area is 195 Å². The molecule has 2 aliphatic rings. The lowest BCUT2D eigenvalue weighted by molar-refractivity contribution is -0.139. The largest absolute Gasteiger partial charge is 0.463 e. The molecule has 1 fully saturated rings. The van der Waals surface area contributed by atoms with Gasteiger partial charge in [0.05, 0.1) is 18.2 Å². The highest BCUT2D eigenvalue weighted by Crippen LogP contribution is 2.31. The number of rotatable bonds is 6. The first-order valence-corrected chi connectivity index (χ1v) is 11.5. The molecule has 0 saturated carbocycles. The van der Waals surface area contributed by atoms with Gasteiger partial charge in [0.2, 0.25) is 0 Å². The number of hydrogen-bond acceptors (Lipinski definition) is 5. The number of benzene rings is 1. The number of piperazine rings is 1. The lowest BCUT2D eigenvalue weighted by atomic mass is 9.94. The Balaban J connectivity index is 1.88. The number of esters is 1. The lowest BCUT2D eigenvalue weighted by Crippen LogP contribution is -2.58. The molecule has 1 saturated heterocycles. The molecule has 0 aliphatic carbocycles. The van der Waals surface area contributed by atoms with Gasteiger partial charge in [-0.1, -0.05) is 30.3 Å². The summed E-state index contributed by atoms with van der Waals surface area (Å²) in [6, 6.07) is 8.59. The number of urea groups is 2. The number of nitrogens with zero attached hydrogens (tertiary/aromatic N) is 3. The van der Waals surface area contributed by atoms with Crippen LogP contribution in [-0.2, 0) is 9.53 Å². The van der Waals surface area contributed by atoms with E-state index in [1.165, 1.54) is 4.90 Å². The van der Waals surface area contributed by atoms with Gasteiger partial charge in [-0.15, -0.1) is 0 Å². The summed E-state index contributed by atoms with van der Waals surface area (Å²) in [4.78, 5) is 43.9. The minimum absolute atomic E-state index is 0.00298. The van der Waals surface area contributed by atoms with Crippen LogP contribution in [-0.4, -0.2) is 84.6 Å². The molecule has 2 atom stereocenters. The molecule has 2 heterocycles. The number of nitrogens with one attached hydrogen (secondary N) is 2. The standard InChI is InChI=1S/C24H35N5O4/c1-6-33-22(30)20-19(27(5)23(31)26-21(20)18-10-8-7-9-11-18)15-28-12-13-29(17(4)14-28)24(32)25-16(2)3/h7-11,16-17,21H,6,12-15H2,1-5H3,(H,25,32)(H,26,31)/t17-,21-/m0/s1. The molecular formula is C24H35N5O4. The molecule has 9 nitrogen and oxygen atoms in total. The predicted octanol–water partition coefficient (Wildman–Crippen LogP) is 2.32. The first kappa shape index (κ1) is 24.6. The zero-order valence-electron chi connectivity index (χ0n) is 20.1. The maximum atomic E-state index is 13.1. The Kier molecular flexibility index (Phi) is 7.97. The molecule has 2 N–H and O–H groups in total. The number of likely N-dealkylation sites (N-methyl/N-ethyl adjacent to an activating group) is 1. The summed E-state index contributed by atoms with van der Waals surface area (Å²) in [7, 11) is 1.67. The summed E-state index contributed by atoms with van der Waals surface area (Å²) in [5.74, 6) is -0.434. The minimum Gasteiger partial charge on any atom is -0.463 e. The van der Waals surface area contributed by atoms with Crippen LogP contribution >= 0.6 is 0 Å². The summed E-state index contributed by atoms with van der Waals surface area (Å²) >= 11 is 0. The predicted molar refractivity (Wildman–Crippen MR) is 125 cm³/mol. The summed E-state index contributed by atoms with van der Waals surface area (Å²) in [5.41, 5.74) is 1.89. The van der Waals surface area contributed by atoms with Crippen LogP contribution in [0.25, 0.3) is 0 Å². The summed E-state index contributed by atoms with van der Waals surface area (Å²) in [6.07, 6.45) is 0. The van der Waals surface area contributed by atoms with E-state index in [0.717, 1.165) is 5.56 Å². The summed E-state index contributed by atoms with van der Waals surface area (Å²) < 4.78 is 5.39. The Hall–Kier alpha value is -3.07. The highest BCUT2D eigenvalue weighted by Gasteiger charge is 2.38. The molecule has 0 unspecified atom stereocenters. The van der Waals surface area contributed by atoms with Crippen LogP contribution in [0.15, 0.2) is 41.6 Å². The molecule has 1 aromatic rings. The lowest BCUT2D eigenvalue weighted by Gasteiger charge is -2.42. The number of hydrogen-bond donors (Lipinski definition) is 2. The highest BCUT2D eigenvalue weighted by molar-refractivity contribution is 5.95. The van der Waals surface area contributed by atoms with Gasteiger partial charge in [0.1, 0.15) is 0 Å².